The molecule has 1 aliphatic rings. The number of rotatable bonds is 3. The maximum atomic E-state index is 11.5. The molecule has 2 amide bonds. The lowest BCUT2D eigenvalue weighted by Crippen LogP contribution is -2.46. The van der Waals surface area contributed by atoms with E-state index in [0.717, 1.165) is 19.4 Å². The molecule has 6 heteroatoms. The van der Waals surface area contributed by atoms with Crippen molar-refractivity contribution in [2.24, 2.45) is 11.7 Å². The van der Waals surface area contributed by atoms with Crippen LogP contribution >= 0.6 is 0 Å². The Morgan fingerprint density at radius 3 is 2.68 bits per heavy atom. The van der Waals surface area contributed by atoms with Crippen LogP contribution in [-0.2, 0) is 9.53 Å². The summed E-state index contributed by atoms with van der Waals surface area (Å²) in [7, 11) is 0. The highest BCUT2D eigenvalue weighted by atomic mass is 16.6. The molecule has 0 spiro atoms. The molecule has 1 atom stereocenters. The Balaban J connectivity index is 2.33. The molecular formula is C13H25N3O3. The number of amides is 2. The average Bonchev–Trinajstić information content (AvgIpc) is 2.34. The lowest BCUT2D eigenvalue weighted by molar-refractivity contribution is -0.131. The van der Waals surface area contributed by atoms with Gasteiger partial charge >= 0.3 is 6.09 Å². The predicted octanol–water partition coefficient (Wildman–Crippen LogP) is 0.708. The Morgan fingerprint density at radius 1 is 1.42 bits per heavy atom. The molecular weight excluding hydrogens is 246 g/mol. The molecule has 0 saturated carbocycles. The third-order valence-corrected chi connectivity index (χ3v) is 2.98. The van der Waals surface area contributed by atoms with Gasteiger partial charge in [0.15, 0.2) is 0 Å². The van der Waals surface area contributed by atoms with Crippen LogP contribution in [0.5, 0.6) is 0 Å². The smallest absolute Gasteiger partial charge is 0.407 e. The van der Waals surface area contributed by atoms with Crippen LogP contribution in [0, 0.1) is 5.92 Å². The summed E-state index contributed by atoms with van der Waals surface area (Å²) in [5, 5.41) is 2.76. The zero-order valence-corrected chi connectivity index (χ0v) is 12.1. The zero-order chi connectivity index (χ0) is 14.5. The van der Waals surface area contributed by atoms with Gasteiger partial charge in [-0.15, -0.1) is 0 Å². The van der Waals surface area contributed by atoms with E-state index >= 15 is 0 Å². The van der Waals surface area contributed by atoms with Crippen LogP contribution in [0.25, 0.3) is 0 Å². The van der Waals surface area contributed by atoms with Crippen molar-refractivity contribution in [3.8, 4) is 0 Å². The number of carbonyl (C=O) groups is 2. The number of nitrogens with one attached hydrogen (secondary N) is 1. The third-order valence-electron chi connectivity index (χ3n) is 2.98. The lowest BCUT2D eigenvalue weighted by atomic mass is 9.98. The van der Waals surface area contributed by atoms with Gasteiger partial charge < -0.3 is 20.7 Å². The molecule has 1 heterocycles. The van der Waals surface area contributed by atoms with Gasteiger partial charge in [-0.25, -0.2) is 4.79 Å². The predicted molar refractivity (Wildman–Crippen MR) is 72.6 cm³/mol. The molecule has 0 aromatic rings. The standard InChI is InChI=1S/C13H25N3O3/c1-13(2,3)19-12(18)15-8-10-5-4-6-16(9-10)11(17)7-14/h10H,4-9,14H2,1-3H3,(H,15,18)/t10-/m1/s1. The molecule has 1 fully saturated rings. The van der Waals surface area contributed by atoms with Gasteiger partial charge in [0.05, 0.1) is 6.54 Å². The highest BCUT2D eigenvalue weighted by molar-refractivity contribution is 5.78. The van der Waals surface area contributed by atoms with E-state index in [9.17, 15) is 9.59 Å². The second-order valence-corrected chi connectivity index (χ2v) is 5.93. The Morgan fingerprint density at radius 2 is 2.11 bits per heavy atom. The van der Waals surface area contributed by atoms with Crippen molar-refractivity contribution in [1.29, 1.82) is 0 Å². The minimum Gasteiger partial charge on any atom is -0.444 e. The second kappa shape index (κ2) is 6.75. The van der Waals surface area contributed by atoms with Crippen molar-refractivity contribution in [3.05, 3.63) is 0 Å². The third kappa shape index (κ3) is 5.92. The van der Waals surface area contributed by atoms with E-state index in [2.05, 4.69) is 5.32 Å². The Labute approximate surface area is 114 Å². The monoisotopic (exact) mass is 271 g/mol. The number of ether oxygens (including phenoxy) is 1. The molecule has 0 bridgehead atoms. The first-order chi connectivity index (χ1) is 8.81. The molecule has 0 aliphatic carbocycles. The fraction of sp³-hybridized carbons (Fsp3) is 0.846. The van der Waals surface area contributed by atoms with E-state index in [1.807, 2.05) is 20.8 Å². The Bertz CT molecular complexity index is 326. The average molecular weight is 271 g/mol. The molecule has 6 nitrogen and oxygen atoms in total. The zero-order valence-electron chi connectivity index (χ0n) is 12.1. The van der Waals surface area contributed by atoms with Crippen molar-refractivity contribution in [2.75, 3.05) is 26.2 Å². The minimum atomic E-state index is -0.488. The first kappa shape index (κ1) is 15.8. The molecule has 0 aromatic heterocycles. The number of likely N-dealkylation sites (tertiary alicyclic amines) is 1. The number of hydrogen-bond acceptors (Lipinski definition) is 4. The summed E-state index contributed by atoms with van der Waals surface area (Å²) in [5.74, 6) is 0.249. The topological polar surface area (TPSA) is 84.7 Å². The summed E-state index contributed by atoms with van der Waals surface area (Å²) >= 11 is 0. The largest absolute Gasteiger partial charge is 0.444 e. The van der Waals surface area contributed by atoms with Gasteiger partial charge in [0.25, 0.3) is 0 Å². The first-order valence-electron chi connectivity index (χ1n) is 6.76. The highest BCUT2D eigenvalue weighted by Crippen LogP contribution is 2.16. The fourth-order valence-electron chi connectivity index (χ4n) is 2.13. The van der Waals surface area contributed by atoms with Crippen LogP contribution in [-0.4, -0.2) is 48.7 Å². The molecule has 1 saturated heterocycles. The molecule has 19 heavy (non-hydrogen) atoms. The number of hydrogen-bond donors (Lipinski definition) is 2. The number of carbonyl (C=O) groups excluding carboxylic acids is 2. The fourth-order valence-corrected chi connectivity index (χ4v) is 2.13. The van der Waals surface area contributed by atoms with Gasteiger partial charge in [0.1, 0.15) is 5.60 Å². The maximum Gasteiger partial charge on any atom is 0.407 e. The number of alkyl carbamates (subject to hydrolysis) is 1. The molecule has 1 rings (SSSR count). The van der Waals surface area contributed by atoms with Crippen LogP contribution in [0.15, 0.2) is 0 Å². The van der Waals surface area contributed by atoms with Crippen molar-refractivity contribution < 1.29 is 14.3 Å². The summed E-state index contributed by atoms with van der Waals surface area (Å²) in [5.41, 5.74) is 4.87. The summed E-state index contributed by atoms with van der Waals surface area (Å²) in [6.07, 6.45) is 1.55. The maximum absolute atomic E-state index is 11.5. The van der Waals surface area contributed by atoms with Gasteiger partial charge in [-0.3, -0.25) is 4.79 Å². The Kier molecular flexibility index (Phi) is 5.60. The van der Waals surface area contributed by atoms with E-state index in [0.29, 0.717) is 13.1 Å². The number of nitrogens with two attached hydrogens (primary N) is 1. The highest BCUT2D eigenvalue weighted by Gasteiger charge is 2.24. The van der Waals surface area contributed by atoms with Gasteiger partial charge in [0, 0.05) is 19.6 Å². The number of nitrogens with zero attached hydrogens (tertiary/aromatic N) is 1. The van der Waals surface area contributed by atoms with Gasteiger partial charge in [-0.1, -0.05) is 0 Å². The summed E-state index contributed by atoms with van der Waals surface area (Å²) < 4.78 is 5.17. The first-order valence-corrected chi connectivity index (χ1v) is 6.76. The molecule has 0 unspecified atom stereocenters. The van der Waals surface area contributed by atoms with Gasteiger partial charge in [-0.05, 0) is 39.5 Å². The van der Waals surface area contributed by atoms with Crippen molar-refractivity contribution >= 4 is 12.0 Å². The van der Waals surface area contributed by atoms with Crippen molar-refractivity contribution in [2.45, 2.75) is 39.2 Å². The number of piperidine rings is 1. The van der Waals surface area contributed by atoms with Gasteiger partial charge in [0.2, 0.25) is 5.91 Å². The summed E-state index contributed by atoms with van der Waals surface area (Å²) in [6, 6.07) is 0. The van der Waals surface area contributed by atoms with E-state index in [-0.39, 0.29) is 18.4 Å². The molecule has 0 radical (unpaired) electrons. The quantitative estimate of drug-likeness (QED) is 0.791. The van der Waals surface area contributed by atoms with Crippen LogP contribution in [0.2, 0.25) is 0 Å². The van der Waals surface area contributed by atoms with Crippen LogP contribution < -0.4 is 11.1 Å². The van der Waals surface area contributed by atoms with Crippen molar-refractivity contribution in [3.63, 3.8) is 0 Å². The van der Waals surface area contributed by atoms with Crippen LogP contribution in [0.4, 0.5) is 4.79 Å². The lowest BCUT2D eigenvalue weighted by Gasteiger charge is -2.32. The van der Waals surface area contributed by atoms with Crippen LogP contribution in [0.3, 0.4) is 0 Å². The normalized spacial score (nSPS) is 20.0. The molecule has 110 valence electrons. The van der Waals surface area contributed by atoms with E-state index in [1.165, 1.54) is 0 Å². The van der Waals surface area contributed by atoms with Gasteiger partial charge in [-0.2, -0.15) is 0 Å². The minimum absolute atomic E-state index is 0.0260. The summed E-state index contributed by atoms with van der Waals surface area (Å²) in [6.45, 7) is 7.48. The van der Waals surface area contributed by atoms with Crippen molar-refractivity contribution in [1.82, 2.24) is 10.2 Å². The molecule has 1 aliphatic heterocycles. The molecule has 0 aromatic carbocycles. The van der Waals surface area contributed by atoms with E-state index in [1.54, 1.807) is 4.90 Å². The Hall–Kier alpha value is -1.30. The second-order valence-electron chi connectivity index (χ2n) is 5.93. The van der Waals surface area contributed by atoms with E-state index < -0.39 is 11.7 Å². The molecule has 3 N–H and O–H groups in total. The SMILES string of the molecule is CC(C)(C)OC(=O)NC[C@H]1CCCN(C(=O)CN)C1. The van der Waals surface area contributed by atoms with E-state index in [4.69, 9.17) is 10.5 Å². The summed E-state index contributed by atoms with van der Waals surface area (Å²) in [4.78, 5) is 24.8. The van der Waals surface area contributed by atoms with Crippen LogP contribution in [0.1, 0.15) is 33.6 Å².